The Bertz CT molecular complexity index is 427. The fourth-order valence-corrected chi connectivity index (χ4v) is 2.64. The first-order valence-electron chi connectivity index (χ1n) is 7.87. The number of anilines is 1. The van der Waals surface area contributed by atoms with Gasteiger partial charge in [0.05, 0.1) is 0 Å². The number of benzene rings is 1. The zero-order chi connectivity index (χ0) is 14.5. The molecule has 1 fully saturated rings. The molecule has 0 radical (unpaired) electrons. The van der Waals surface area contributed by atoms with Gasteiger partial charge in [0.2, 0.25) is 0 Å². The summed E-state index contributed by atoms with van der Waals surface area (Å²) < 4.78 is 0. The third kappa shape index (κ3) is 4.68. The maximum atomic E-state index is 6.44. The van der Waals surface area contributed by atoms with Gasteiger partial charge in [0.15, 0.2) is 0 Å². The van der Waals surface area contributed by atoms with Gasteiger partial charge in [-0.25, -0.2) is 0 Å². The van der Waals surface area contributed by atoms with Crippen LogP contribution in [-0.2, 0) is 6.54 Å². The SMILES string of the molecule is CCCN(CC1CC1)c1ccc(CNC(C)C)c(Cl)c1. The molecule has 1 aliphatic carbocycles. The molecule has 2 nitrogen and oxygen atoms in total. The fourth-order valence-electron chi connectivity index (χ4n) is 2.40. The molecule has 3 heteroatoms. The smallest absolute Gasteiger partial charge is 0.0471 e. The van der Waals surface area contributed by atoms with Crippen LogP contribution in [0.25, 0.3) is 0 Å². The third-order valence-corrected chi connectivity index (χ3v) is 4.12. The maximum Gasteiger partial charge on any atom is 0.0471 e. The van der Waals surface area contributed by atoms with Crippen LogP contribution in [-0.4, -0.2) is 19.1 Å². The van der Waals surface area contributed by atoms with E-state index in [4.69, 9.17) is 11.6 Å². The molecule has 1 aromatic carbocycles. The third-order valence-electron chi connectivity index (χ3n) is 3.77. The molecule has 1 N–H and O–H groups in total. The van der Waals surface area contributed by atoms with E-state index in [1.165, 1.54) is 37.1 Å². The van der Waals surface area contributed by atoms with E-state index in [0.717, 1.165) is 24.0 Å². The Balaban J connectivity index is 2.04. The van der Waals surface area contributed by atoms with Crippen molar-refractivity contribution in [3.63, 3.8) is 0 Å². The van der Waals surface area contributed by atoms with Crippen LogP contribution in [0.1, 0.15) is 45.6 Å². The molecular formula is C17H27ClN2. The van der Waals surface area contributed by atoms with E-state index < -0.39 is 0 Å². The van der Waals surface area contributed by atoms with Crippen molar-refractivity contribution in [2.75, 3.05) is 18.0 Å². The molecular weight excluding hydrogens is 268 g/mol. The highest BCUT2D eigenvalue weighted by molar-refractivity contribution is 6.31. The molecule has 2 rings (SSSR count). The standard InChI is InChI=1S/C17H27ClN2/c1-4-9-20(12-14-5-6-14)16-8-7-15(17(18)10-16)11-19-13(2)3/h7-8,10,13-14,19H,4-6,9,11-12H2,1-3H3. The molecule has 0 atom stereocenters. The van der Waals surface area contributed by atoms with E-state index in [9.17, 15) is 0 Å². The quantitative estimate of drug-likeness (QED) is 0.761. The first kappa shape index (κ1) is 15.7. The van der Waals surface area contributed by atoms with E-state index in [-0.39, 0.29) is 0 Å². The zero-order valence-corrected chi connectivity index (χ0v) is 13.7. The summed E-state index contributed by atoms with van der Waals surface area (Å²) in [6, 6.07) is 7.01. The first-order valence-corrected chi connectivity index (χ1v) is 8.24. The summed E-state index contributed by atoms with van der Waals surface area (Å²) in [5.41, 5.74) is 2.46. The zero-order valence-electron chi connectivity index (χ0n) is 13.0. The molecule has 112 valence electrons. The molecule has 1 saturated carbocycles. The fraction of sp³-hybridized carbons (Fsp3) is 0.647. The summed E-state index contributed by atoms with van der Waals surface area (Å²) in [7, 11) is 0. The minimum atomic E-state index is 0.484. The molecule has 0 heterocycles. The van der Waals surface area contributed by atoms with Crippen LogP contribution in [0.4, 0.5) is 5.69 Å². The van der Waals surface area contributed by atoms with Crippen molar-refractivity contribution in [3.8, 4) is 0 Å². The predicted octanol–water partition coefficient (Wildman–Crippen LogP) is 4.46. The van der Waals surface area contributed by atoms with Gasteiger partial charge >= 0.3 is 0 Å². The summed E-state index contributed by atoms with van der Waals surface area (Å²) in [6.45, 7) is 9.70. The highest BCUT2D eigenvalue weighted by atomic mass is 35.5. The summed E-state index contributed by atoms with van der Waals surface area (Å²) in [6.07, 6.45) is 3.97. The summed E-state index contributed by atoms with van der Waals surface area (Å²) >= 11 is 6.44. The Morgan fingerprint density at radius 1 is 1.35 bits per heavy atom. The van der Waals surface area contributed by atoms with Crippen LogP contribution in [0.15, 0.2) is 18.2 Å². The van der Waals surface area contributed by atoms with Crippen LogP contribution < -0.4 is 10.2 Å². The van der Waals surface area contributed by atoms with E-state index in [1.807, 2.05) is 0 Å². The van der Waals surface area contributed by atoms with Crippen molar-refractivity contribution in [2.24, 2.45) is 5.92 Å². The topological polar surface area (TPSA) is 15.3 Å². The molecule has 1 aromatic rings. The first-order chi connectivity index (χ1) is 9.60. The lowest BCUT2D eigenvalue weighted by molar-refractivity contribution is 0.589. The maximum absolute atomic E-state index is 6.44. The summed E-state index contributed by atoms with van der Waals surface area (Å²) in [5.74, 6) is 0.905. The van der Waals surface area contributed by atoms with Crippen molar-refractivity contribution in [3.05, 3.63) is 28.8 Å². The molecule has 0 saturated heterocycles. The molecule has 0 amide bonds. The van der Waals surface area contributed by atoms with Gasteiger partial charge in [-0.05, 0) is 42.9 Å². The molecule has 0 unspecified atom stereocenters. The number of halogens is 1. The van der Waals surface area contributed by atoms with Crippen LogP contribution >= 0.6 is 11.6 Å². The number of nitrogens with zero attached hydrogens (tertiary/aromatic N) is 1. The molecule has 0 bridgehead atoms. The van der Waals surface area contributed by atoms with Gasteiger partial charge in [-0.3, -0.25) is 0 Å². The Kier molecular flexibility index (Phi) is 5.74. The molecule has 0 aliphatic heterocycles. The van der Waals surface area contributed by atoms with Gasteiger partial charge in [-0.15, -0.1) is 0 Å². The Labute approximate surface area is 128 Å². The lowest BCUT2D eigenvalue weighted by atomic mass is 10.1. The monoisotopic (exact) mass is 294 g/mol. The lowest BCUT2D eigenvalue weighted by Crippen LogP contribution is -2.26. The van der Waals surface area contributed by atoms with E-state index in [1.54, 1.807) is 0 Å². The van der Waals surface area contributed by atoms with Crippen molar-refractivity contribution in [2.45, 2.75) is 52.6 Å². The number of nitrogens with one attached hydrogen (secondary N) is 1. The number of rotatable bonds is 8. The number of hydrogen-bond acceptors (Lipinski definition) is 2. The average molecular weight is 295 g/mol. The second kappa shape index (κ2) is 7.33. The van der Waals surface area contributed by atoms with Crippen LogP contribution in [0.3, 0.4) is 0 Å². The summed E-state index contributed by atoms with van der Waals surface area (Å²) in [4.78, 5) is 2.49. The molecule has 20 heavy (non-hydrogen) atoms. The van der Waals surface area contributed by atoms with E-state index in [0.29, 0.717) is 6.04 Å². The van der Waals surface area contributed by atoms with Crippen molar-refractivity contribution in [1.29, 1.82) is 0 Å². The largest absolute Gasteiger partial charge is 0.371 e. The predicted molar refractivity (Wildman–Crippen MR) is 88.7 cm³/mol. The summed E-state index contributed by atoms with van der Waals surface area (Å²) in [5, 5.41) is 4.30. The second-order valence-corrected chi connectivity index (χ2v) is 6.61. The number of hydrogen-bond donors (Lipinski definition) is 1. The van der Waals surface area contributed by atoms with Gasteiger partial charge in [0, 0.05) is 36.4 Å². The van der Waals surface area contributed by atoms with Gasteiger partial charge in [0.25, 0.3) is 0 Å². The van der Waals surface area contributed by atoms with Gasteiger partial charge < -0.3 is 10.2 Å². The molecule has 0 spiro atoms. The van der Waals surface area contributed by atoms with E-state index >= 15 is 0 Å². The molecule has 1 aliphatic rings. The van der Waals surface area contributed by atoms with Gasteiger partial charge in [0.1, 0.15) is 0 Å². The minimum absolute atomic E-state index is 0.484. The van der Waals surface area contributed by atoms with Crippen LogP contribution in [0, 0.1) is 5.92 Å². The van der Waals surface area contributed by atoms with Crippen molar-refractivity contribution < 1.29 is 0 Å². The normalized spacial score (nSPS) is 14.8. The van der Waals surface area contributed by atoms with Crippen LogP contribution in [0.5, 0.6) is 0 Å². The van der Waals surface area contributed by atoms with Crippen LogP contribution in [0.2, 0.25) is 5.02 Å². The lowest BCUT2D eigenvalue weighted by Gasteiger charge is -2.25. The Morgan fingerprint density at radius 3 is 2.65 bits per heavy atom. The highest BCUT2D eigenvalue weighted by Crippen LogP contribution is 2.32. The Morgan fingerprint density at radius 2 is 2.10 bits per heavy atom. The van der Waals surface area contributed by atoms with Crippen molar-refractivity contribution >= 4 is 17.3 Å². The average Bonchev–Trinajstić information content (AvgIpc) is 3.20. The van der Waals surface area contributed by atoms with Gasteiger partial charge in [-0.2, -0.15) is 0 Å². The molecule has 0 aromatic heterocycles. The highest BCUT2D eigenvalue weighted by Gasteiger charge is 2.24. The van der Waals surface area contributed by atoms with Gasteiger partial charge in [-0.1, -0.05) is 38.4 Å². The minimum Gasteiger partial charge on any atom is -0.371 e. The van der Waals surface area contributed by atoms with E-state index in [2.05, 4.69) is 49.2 Å². The second-order valence-electron chi connectivity index (χ2n) is 6.20. The Hall–Kier alpha value is -0.730. The van der Waals surface area contributed by atoms with Crippen molar-refractivity contribution in [1.82, 2.24) is 5.32 Å².